The molecule has 0 saturated carbocycles. The number of benzene rings is 2. The number of nitrogens with one attached hydrogen (secondary N) is 1. The first-order valence-corrected chi connectivity index (χ1v) is 10.1. The van der Waals surface area contributed by atoms with Crippen molar-refractivity contribution in [1.82, 2.24) is 9.88 Å². The molecule has 0 amide bonds. The molecule has 0 saturated heterocycles. The van der Waals surface area contributed by atoms with E-state index in [1.54, 1.807) is 0 Å². The van der Waals surface area contributed by atoms with Crippen molar-refractivity contribution in [2.75, 3.05) is 13.2 Å². The summed E-state index contributed by atoms with van der Waals surface area (Å²) in [6, 6.07) is 15.5. The number of nitrogens with zero attached hydrogens (tertiary/aromatic N) is 1. The number of rotatable bonds is 4. The number of hydrogen-bond acceptors (Lipinski definition) is 2. The number of para-hydroxylation sites is 1. The maximum atomic E-state index is 14.3. The third kappa shape index (κ3) is 3.38. The second-order valence-corrected chi connectivity index (χ2v) is 9.06. The Morgan fingerprint density at radius 3 is 2.54 bits per heavy atom. The van der Waals surface area contributed by atoms with Crippen LogP contribution in [0.15, 0.2) is 53.0 Å². The fourth-order valence-electron chi connectivity index (χ4n) is 4.28. The van der Waals surface area contributed by atoms with Crippen LogP contribution in [0, 0.1) is 0 Å². The van der Waals surface area contributed by atoms with Crippen LogP contribution in [-0.2, 0) is 6.42 Å². The number of alkyl halides is 2. The van der Waals surface area contributed by atoms with E-state index in [0.717, 1.165) is 26.6 Å². The van der Waals surface area contributed by atoms with Gasteiger partial charge in [-0.25, -0.2) is 8.78 Å². The Hall–Kier alpha value is -1.76. The number of aliphatic hydroxyl groups is 1. The lowest BCUT2D eigenvalue weighted by molar-refractivity contribution is -0.0999. The van der Waals surface area contributed by atoms with Crippen LogP contribution in [0.4, 0.5) is 8.78 Å². The lowest BCUT2D eigenvalue weighted by Crippen LogP contribution is -2.55. The summed E-state index contributed by atoms with van der Waals surface area (Å²) in [6.07, 6.45) is 0.654. The van der Waals surface area contributed by atoms with Crippen molar-refractivity contribution in [2.24, 2.45) is 0 Å². The molecule has 2 heterocycles. The van der Waals surface area contributed by atoms with Crippen molar-refractivity contribution in [3.63, 3.8) is 0 Å². The quantitative estimate of drug-likeness (QED) is 0.569. The fraction of sp³-hybridized carbons (Fsp3) is 0.364. The number of aliphatic hydroxyl groups excluding tert-OH is 1. The molecule has 2 aromatic carbocycles. The zero-order valence-corrected chi connectivity index (χ0v) is 17.4. The molecule has 3 nitrogen and oxygen atoms in total. The topological polar surface area (TPSA) is 39.3 Å². The molecule has 3 aromatic rings. The minimum absolute atomic E-state index is 0.350. The number of aromatic amines is 1. The molecule has 1 atom stereocenters. The molecule has 1 aromatic heterocycles. The van der Waals surface area contributed by atoms with Crippen molar-refractivity contribution in [3.8, 4) is 0 Å². The van der Waals surface area contributed by atoms with Gasteiger partial charge >= 0.3 is 0 Å². The highest BCUT2D eigenvalue weighted by Gasteiger charge is 2.46. The molecule has 0 fully saturated rings. The number of hydrogen-bond donors (Lipinski definition) is 2. The normalized spacial score (nSPS) is 19.7. The largest absolute Gasteiger partial charge is 0.390 e. The van der Waals surface area contributed by atoms with Gasteiger partial charge in [0, 0.05) is 26.6 Å². The van der Waals surface area contributed by atoms with Crippen molar-refractivity contribution in [3.05, 3.63) is 69.8 Å². The molecule has 2 N–H and O–H groups in total. The Morgan fingerprint density at radius 1 is 1.18 bits per heavy atom. The van der Waals surface area contributed by atoms with Crippen molar-refractivity contribution in [1.29, 1.82) is 0 Å². The van der Waals surface area contributed by atoms with Gasteiger partial charge in [0.15, 0.2) is 0 Å². The third-order valence-electron chi connectivity index (χ3n) is 5.64. The van der Waals surface area contributed by atoms with Gasteiger partial charge in [0.25, 0.3) is 5.92 Å². The number of H-pyrrole nitrogens is 1. The molecule has 0 aliphatic carbocycles. The number of aromatic nitrogens is 1. The van der Waals surface area contributed by atoms with E-state index in [1.807, 2.05) is 61.2 Å². The van der Waals surface area contributed by atoms with Gasteiger partial charge in [-0.2, -0.15) is 0 Å². The summed E-state index contributed by atoms with van der Waals surface area (Å²) in [5, 5.41) is 10.3. The minimum Gasteiger partial charge on any atom is -0.390 e. The zero-order valence-electron chi connectivity index (χ0n) is 15.8. The van der Waals surface area contributed by atoms with E-state index in [4.69, 9.17) is 0 Å². The Morgan fingerprint density at radius 2 is 1.86 bits per heavy atom. The van der Waals surface area contributed by atoms with E-state index >= 15 is 0 Å². The first-order chi connectivity index (χ1) is 13.2. The van der Waals surface area contributed by atoms with E-state index in [1.165, 1.54) is 5.56 Å². The minimum atomic E-state index is -3.17. The Bertz CT molecular complexity index is 997. The van der Waals surface area contributed by atoms with Crippen molar-refractivity contribution in [2.45, 2.75) is 37.8 Å². The van der Waals surface area contributed by atoms with E-state index in [9.17, 15) is 13.9 Å². The predicted molar refractivity (Wildman–Crippen MR) is 111 cm³/mol. The van der Waals surface area contributed by atoms with E-state index in [2.05, 4.69) is 27.0 Å². The second-order valence-electron chi connectivity index (χ2n) is 8.15. The number of halogens is 3. The van der Waals surface area contributed by atoms with Gasteiger partial charge in [-0.1, -0.05) is 46.3 Å². The molecular weight excluding hydrogens is 426 g/mol. The summed E-state index contributed by atoms with van der Waals surface area (Å²) in [6.45, 7) is 2.33. The summed E-state index contributed by atoms with van der Waals surface area (Å²) in [7, 11) is 0. The lowest BCUT2D eigenvalue weighted by Gasteiger charge is -2.48. The maximum absolute atomic E-state index is 14.3. The Kier molecular flexibility index (Phi) is 4.84. The number of fused-ring (bicyclic) bond motifs is 3. The third-order valence-corrected chi connectivity index (χ3v) is 6.17. The average molecular weight is 449 g/mol. The van der Waals surface area contributed by atoms with Crippen LogP contribution in [-0.4, -0.2) is 39.6 Å². The lowest BCUT2D eigenvalue weighted by atomic mass is 9.81. The van der Waals surface area contributed by atoms with Gasteiger partial charge < -0.3 is 10.1 Å². The summed E-state index contributed by atoms with van der Waals surface area (Å²) in [4.78, 5) is 5.31. The van der Waals surface area contributed by atoms with Crippen molar-refractivity contribution < 1.29 is 13.9 Å². The van der Waals surface area contributed by atoms with Gasteiger partial charge in [0.05, 0.1) is 12.6 Å². The van der Waals surface area contributed by atoms with Gasteiger partial charge in [0.1, 0.15) is 6.61 Å². The monoisotopic (exact) mass is 448 g/mol. The van der Waals surface area contributed by atoms with Crippen LogP contribution < -0.4 is 0 Å². The molecule has 1 unspecified atom stereocenters. The highest BCUT2D eigenvalue weighted by molar-refractivity contribution is 9.10. The van der Waals surface area contributed by atoms with Gasteiger partial charge in [-0.3, -0.25) is 4.90 Å². The second kappa shape index (κ2) is 6.94. The molecule has 148 valence electrons. The van der Waals surface area contributed by atoms with Crippen LogP contribution in [0.5, 0.6) is 0 Å². The van der Waals surface area contributed by atoms with E-state index < -0.39 is 24.6 Å². The van der Waals surface area contributed by atoms with Crippen LogP contribution in [0.3, 0.4) is 0 Å². The molecule has 0 radical (unpaired) electrons. The van der Waals surface area contributed by atoms with Gasteiger partial charge in [-0.05, 0) is 49.6 Å². The molecule has 0 spiro atoms. The summed E-state index contributed by atoms with van der Waals surface area (Å²) < 4.78 is 29.6. The van der Waals surface area contributed by atoms with E-state index in [0.29, 0.717) is 6.42 Å². The van der Waals surface area contributed by atoms with Crippen LogP contribution >= 0.6 is 15.9 Å². The van der Waals surface area contributed by atoms with Gasteiger partial charge in [0.2, 0.25) is 0 Å². The highest BCUT2D eigenvalue weighted by atomic mass is 79.9. The molecule has 1 aliphatic heterocycles. The average Bonchev–Trinajstić information content (AvgIpc) is 3.00. The van der Waals surface area contributed by atoms with Crippen LogP contribution in [0.1, 0.15) is 36.7 Å². The SMILES string of the molecule is CC1(C)Cc2c([nH]c3ccccc23)C(c2ccc(Br)cc2)N1CC(F)(F)CO. The maximum Gasteiger partial charge on any atom is 0.283 e. The molecule has 1 aliphatic rings. The summed E-state index contributed by atoms with van der Waals surface area (Å²) >= 11 is 3.45. The molecule has 6 heteroatoms. The van der Waals surface area contributed by atoms with Crippen molar-refractivity contribution >= 4 is 26.8 Å². The van der Waals surface area contributed by atoms with Crippen LogP contribution in [0.25, 0.3) is 10.9 Å². The van der Waals surface area contributed by atoms with Gasteiger partial charge in [-0.15, -0.1) is 0 Å². The molecule has 28 heavy (non-hydrogen) atoms. The molecular formula is C22H23BrF2N2O. The Labute approximate surface area is 171 Å². The smallest absolute Gasteiger partial charge is 0.283 e. The standard InChI is InChI=1S/C22H23BrF2N2O/c1-21(2)11-17-16-5-3-4-6-18(16)26-19(17)20(14-7-9-15(23)10-8-14)27(21)12-22(24,25)13-28/h3-10,20,26,28H,11-13H2,1-2H3. The first-order valence-electron chi connectivity index (χ1n) is 9.32. The summed E-state index contributed by atoms with van der Waals surface area (Å²) in [5.74, 6) is -3.17. The predicted octanol–water partition coefficient (Wildman–Crippen LogP) is 5.28. The van der Waals surface area contributed by atoms with E-state index in [-0.39, 0.29) is 6.04 Å². The summed E-state index contributed by atoms with van der Waals surface area (Å²) in [5.41, 5.74) is 3.58. The zero-order chi connectivity index (χ0) is 20.1. The molecule has 4 rings (SSSR count). The molecule has 0 bridgehead atoms. The van der Waals surface area contributed by atoms with Crippen LogP contribution in [0.2, 0.25) is 0 Å². The fourth-order valence-corrected chi connectivity index (χ4v) is 4.54. The highest BCUT2D eigenvalue weighted by Crippen LogP contribution is 2.45. The first kappa shape index (κ1) is 19.6. The Balaban J connectivity index is 1.93.